The maximum atomic E-state index is 10.2. The van der Waals surface area contributed by atoms with Crippen molar-refractivity contribution in [3.05, 3.63) is 95.6 Å². The second kappa shape index (κ2) is 8.75. The predicted molar refractivity (Wildman–Crippen MR) is 102 cm³/mol. The predicted octanol–water partition coefficient (Wildman–Crippen LogP) is 4.36. The van der Waals surface area contributed by atoms with Crippen LogP contribution >= 0.6 is 0 Å². The summed E-state index contributed by atoms with van der Waals surface area (Å²) in [6, 6.07) is 24.8. The van der Waals surface area contributed by atoms with Crippen molar-refractivity contribution in [1.82, 2.24) is 0 Å². The molecule has 0 saturated heterocycles. The van der Waals surface area contributed by atoms with Gasteiger partial charge >= 0.3 is 0 Å². The zero-order valence-electron chi connectivity index (χ0n) is 14.6. The Labute approximate surface area is 153 Å². The molecule has 0 aliphatic rings. The number of methoxy groups -OCH3 is 1. The fourth-order valence-corrected chi connectivity index (χ4v) is 2.40. The fourth-order valence-electron chi connectivity index (χ4n) is 2.40. The van der Waals surface area contributed by atoms with Crippen molar-refractivity contribution < 1.29 is 14.6 Å². The number of hydrogen-bond acceptors (Lipinski definition) is 3. The molecule has 3 nitrogen and oxygen atoms in total. The minimum absolute atomic E-state index is 0.530. The van der Waals surface area contributed by atoms with Crippen LogP contribution in [0, 0.1) is 11.8 Å². The van der Waals surface area contributed by atoms with Gasteiger partial charge in [0.2, 0.25) is 0 Å². The van der Waals surface area contributed by atoms with Crippen LogP contribution in [-0.2, 0) is 6.61 Å². The summed E-state index contributed by atoms with van der Waals surface area (Å²) in [4.78, 5) is 0. The first-order valence-corrected chi connectivity index (χ1v) is 8.35. The van der Waals surface area contributed by atoms with Crippen LogP contribution in [0.25, 0.3) is 0 Å². The monoisotopic (exact) mass is 344 g/mol. The molecule has 0 heterocycles. The number of ether oxygens (including phenoxy) is 2. The Balaban J connectivity index is 1.59. The van der Waals surface area contributed by atoms with Crippen LogP contribution in [0.3, 0.4) is 0 Å². The van der Waals surface area contributed by atoms with E-state index < -0.39 is 6.10 Å². The first-order chi connectivity index (χ1) is 12.7. The van der Waals surface area contributed by atoms with Gasteiger partial charge in [0.25, 0.3) is 0 Å². The number of rotatable bonds is 5. The van der Waals surface area contributed by atoms with Crippen LogP contribution in [0.1, 0.15) is 22.8 Å². The van der Waals surface area contributed by atoms with E-state index in [4.69, 9.17) is 9.47 Å². The van der Waals surface area contributed by atoms with E-state index in [1.54, 1.807) is 31.4 Å². The van der Waals surface area contributed by atoms with E-state index >= 15 is 0 Å². The molecule has 0 aliphatic heterocycles. The fraction of sp³-hybridized carbons (Fsp3) is 0.130. The lowest BCUT2D eigenvalue weighted by Crippen LogP contribution is -1.95. The summed E-state index contributed by atoms with van der Waals surface area (Å²) in [6.45, 7) is 0.530. The maximum absolute atomic E-state index is 10.2. The van der Waals surface area contributed by atoms with Gasteiger partial charge in [0, 0.05) is 5.56 Å². The lowest BCUT2D eigenvalue weighted by molar-refractivity contribution is 0.238. The first-order valence-electron chi connectivity index (χ1n) is 8.35. The SMILES string of the molecule is COc1ccc(C(O)C#Cc2ccc(OCc3ccccc3)cc2)cc1. The molecule has 0 radical (unpaired) electrons. The van der Waals surface area contributed by atoms with Gasteiger partial charge in [-0.3, -0.25) is 0 Å². The number of benzene rings is 3. The number of aliphatic hydroxyl groups is 1. The van der Waals surface area contributed by atoms with Crippen molar-refractivity contribution in [3.63, 3.8) is 0 Å². The molecule has 0 fully saturated rings. The van der Waals surface area contributed by atoms with E-state index in [9.17, 15) is 5.11 Å². The van der Waals surface area contributed by atoms with Crippen LogP contribution < -0.4 is 9.47 Å². The number of hydrogen-bond donors (Lipinski definition) is 1. The van der Waals surface area contributed by atoms with Crippen LogP contribution in [0.4, 0.5) is 0 Å². The first kappa shape index (κ1) is 17.6. The lowest BCUT2D eigenvalue weighted by Gasteiger charge is -2.06. The Hall–Kier alpha value is -3.22. The quantitative estimate of drug-likeness (QED) is 0.699. The van der Waals surface area contributed by atoms with Crippen molar-refractivity contribution in [1.29, 1.82) is 0 Å². The van der Waals surface area contributed by atoms with Crippen LogP contribution in [0.5, 0.6) is 11.5 Å². The molecule has 3 aromatic carbocycles. The Morgan fingerprint density at radius 2 is 1.50 bits per heavy atom. The Morgan fingerprint density at radius 1 is 0.846 bits per heavy atom. The number of aliphatic hydroxyl groups excluding tert-OH is 1. The van der Waals surface area contributed by atoms with Crippen molar-refractivity contribution in [2.45, 2.75) is 12.7 Å². The van der Waals surface area contributed by atoms with Gasteiger partial charge in [-0.25, -0.2) is 0 Å². The highest BCUT2D eigenvalue weighted by molar-refractivity contribution is 5.40. The third-order valence-electron chi connectivity index (χ3n) is 3.89. The summed E-state index contributed by atoms with van der Waals surface area (Å²) >= 11 is 0. The summed E-state index contributed by atoms with van der Waals surface area (Å²) in [5, 5.41) is 10.2. The minimum Gasteiger partial charge on any atom is -0.497 e. The average molecular weight is 344 g/mol. The van der Waals surface area contributed by atoms with Crippen molar-refractivity contribution in [2.24, 2.45) is 0 Å². The Morgan fingerprint density at radius 3 is 2.15 bits per heavy atom. The van der Waals surface area contributed by atoms with Crippen LogP contribution in [-0.4, -0.2) is 12.2 Å². The second-order valence-electron chi connectivity index (χ2n) is 5.74. The summed E-state index contributed by atoms with van der Waals surface area (Å²) in [5.74, 6) is 7.38. The van der Waals surface area contributed by atoms with Gasteiger partial charge in [-0.1, -0.05) is 54.3 Å². The molecule has 0 bridgehead atoms. The minimum atomic E-state index is -0.838. The van der Waals surface area contributed by atoms with Gasteiger partial charge in [-0.2, -0.15) is 0 Å². The summed E-state index contributed by atoms with van der Waals surface area (Å²) in [6.07, 6.45) is -0.838. The highest BCUT2D eigenvalue weighted by Gasteiger charge is 2.03. The van der Waals surface area contributed by atoms with Crippen molar-refractivity contribution >= 4 is 0 Å². The van der Waals surface area contributed by atoms with E-state index in [1.165, 1.54) is 0 Å². The molecule has 130 valence electrons. The smallest absolute Gasteiger partial charge is 0.140 e. The molecule has 0 aromatic heterocycles. The molecule has 0 aliphatic carbocycles. The standard InChI is InChI=1S/C23H20O3/c1-25-21-14-10-20(11-15-21)23(24)16-9-18-7-12-22(13-8-18)26-17-19-5-3-2-4-6-19/h2-8,10-15,23-24H,17H2,1H3. The van der Waals surface area contributed by atoms with Crippen molar-refractivity contribution in [2.75, 3.05) is 7.11 Å². The molecule has 0 amide bonds. The highest BCUT2D eigenvalue weighted by atomic mass is 16.5. The molecule has 3 aromatic rings. The maximum Gasteiger partial charge on any atom is 0.140 e. The zero-order chi connectivity index (χ0) is 18.2. The van der Waals surface area contributed by atoms with Crippen LogP contribution in [0.15, 0.2) is 78.9 Å². The van der Waals surface area contributed by atoms with Gasteiger partial charge in [0.05, 0.1) is 7.11 Å². The molecule has 0 spiro atoms. The molecule has 3 rings (SSSR count). The highest BCUT2D eigenvalue weighted by Crippen LogP contribution is 2.18. The van der Waals surface area contributed by atoms with E-state index in [1.807, 2.05) is 54.6 Å². The average Bonchev–Trinajstić information content (AvgIpc) is 2.72. The van der Waals surface area contributed by atoms with Gasteiger partial charge in [0.15, 0.2) is 0 Å². The summed E-state index contributed by atoms with van der Waals surface area (Å²) in [7, 11) is 1.61. The second-order valence-corrected chi connectivity index (χ2v) is 5.74. The molecular formula is C23H20O3. The third kappa shape index (κ3) is 4.89. The largest absolute Gasteiger partial charge is 0.497 e. The van der Waals surface area contributed by atoms with Crippen LogP contribution in [0.2, 0.25) is 0 Å². The molecule has 3 heteroatoms. The van der Waals surface area contributed by atoms with E-state index in [0.717, 1.165) is 28.2 Å². The van der Waals surface area contributed by atoms with Gasteiger partial charge in [-0.05, 0) is 47.5 Å². The summed E-state index contributed by atoms with van der Waals surface area (Å²) < 4.78 is 10.9. The van der Waals surface area contributed by atoms with Gasteiger partial charge in [-0.15, -0.1) is 0 Å². The van der Waals surface area contributed by atoms with E-state index in [2.05, 4.69) is 11.8 Å². The normalized spacial score (nSPS) is 11.2. The van der Waals surface area contributed by atoms with Gasteiger partial charge in [0.1, 0.15) is 24.2 Å². The van der Waals surface area contributed by atoms with E-state index in [0.29, 0.717) is 6.61 Å². The molecule has 1 unspecified atom stereocenters. The Bertz CT molecular complexity index is 873. The molecule has 1 N–H and O–H groups in total. The van der Waals surface area contributed by atoms with E-state index in [-0.39, 0.29) is 0 Å². The topological polar surface area (TPSA) is 38.7 Å². The molecule has 26 heavy (non-hydrogen) atoms. The molecule has 1 atom stereocenters. The molecule has 0 saturated carbocycles. The molecular weight excluding hydrogens is 324 g/mol. The van der Waals surface area contributed by atoms with Crippen molar-refractivity contribution in [3.8, 4) is 23.3 Å². The lowest BCUT2D eigenvalue weighted by atomic mass is 10.1. The zero-order valence-corrected chi connectivity index (χ0v) is 14.6. The summed E-state index contributed by atoms with van der Waals surface area (Å²) in [5.41, 5.74) is 2.68. The third-order valence-corrected chi connectivity index (χ3v) is 3.89. The Kier molecular flexibility index (Phi) is 5.92. The van der Waals surface area contributed by atoms with Gasteiger partial charge < -0.3 is 14.6 Å².